The molecule has 0 bridgehead atoms. The van der Waals surface area contributed by atoms with Gasteiger partial charge in [-0.3, -0.25) is 0 Å². The van der Waals surface area contributed by atoms with Crippen molar-refractivity contribution in [1.82, 2.24) is 0 Å². The van der Waals surface area contributed by atoms with Gasteiger partial charge in [-0.25, -0.2) is 0 Å². The first-order valence-corrected chi connectivity index (χ1v) is 0. The molecule has 0 radical (unpaired) electrons. The molecule has 0 fully saturated rings. The zero-order valence-electron chi connectivity index (χ0n) is 2.34. The monoisotopic (exact) mass is 507 g/mol. The first kappa shape index (κ1) is 61.4. The first-order valence-electron chi connectivity index (χ1n) is 0. The topological polar surface area (TPSA) is 0 Å². The van der Waals surface area contributed by atoms with Crippen molar-refractivity contribution < 1.29 is 22.4 Å². The molecule has 0 heterocycles. The van der Waals surface area contributed by atoms with Crippen molar-refractivity contribution in [3.63, 3.8) is 0 Å². The Hall–Kier alpha value is 3.14. The molecule has 0 saturated carbocycles. The molecule has 0 aromatic carbocycles. The van der Waals surface area contributed by atoms with Crippen molar-refractivity contribution in [2.24, 2.45) is 0 Å². The van der Waals surface area contributed by atoms with Crippen LogP contribution in [-0.2, 0) is 22.4 Å². The summed E-state index contributed by atoms with van der Waals surface area (Å²) in [6.45, 7) is 0. The zero-order valence-corrected chi connectivity index (χ0v) is 12.4. The van der Waals surface area contributed by atoms with Gasteiger partial charge in [-0.1, -0.05) is 0 Å². The molecule has 0 N–H and O–H groups in total. The molecule has 46 valence electrons. The number of halogens is 5. The maximum atomic E-state index is 0. The van der Waals surface area contributed by atoms with E-state index in [-0.39, 0.29) is 107 Å². The van der Waals surface area contributed by atoms with Crippen molar-refractivity contribution >= 4 is 84.9 Å². The van der Waals surface area contributed by atoms with Crippen LogP contribution >= 0.6 is 84.9 Å². The molecule has 0 aliphatic carbocycles. The summed E-state index contributed by atoms with van der Waals surface area (Å²) < 4.78 is 0. The minimum Gasteiger partial charge on any atom is -0.114 e. The van der Waals surface area contributed by atoms with Crippen LogP contribution in [0.25, 0.3) is 0 Å². The SMILES string of the molecule is Br.Br.Br.Br.Br.[Ag+5]. The van der Waals surface area contributed by atoms with Crippen molar-refractivity contribution in [2.45, 2.75) is 0 Å². The molecule has 0 atom stereocenters. The maximum Gasteiger partial charge on any atom is 5.00 e. The molecular formula is H5AgBr5+5. The van der Waals surface area contributed by atoms with Crippen LogP contribution in [0.2, 0.25) is 0 Å². The summed E-state index contributed by atoms with van der Waals surface area (Å²) in [7, 11) is 0. The van der Waals surface area contributed by atoms with Gasteiger partial charge in [0, 0.05) is 0 Å². The Kier molecular flexibility index (Phi) is 431. The van der Waals surface area contributed by atoms with Crippen LogP contribution in [0.1, 0.15) is 0 Å². The molecule has 0 rings (SSSR count). The Morgan fingerprint density at radius 3 is 0.333 bits per heavy atom. The third-order valence-corrected chi connectivity index (χ3v) is 0. The standard InChI is InChI=1S/Ag.5BrH/h;5*1H/q+5;;;;;. The smallest absolute Gasteiger partial charge is 0.114 e. The summed E-state index contributed by atoms with van der Waals surface area (Å²) in [6.07, 6.45) is 0. The number of rotatable bonds is 0. The average molecular weight is 512 g/mol. The molecule has 0 spiro atoms. The van der Waals surface area contributed by atoms with Crippen LogP contribution < -0.4 is 0 Å². The van der Waals surface area contributed by atoms with Gasteiger partial charge in [0.05, 0.1) is 0 Å². The molecule has 0 aromatic heterocycles. The fourth-order valence-electron chi connectivity index (χ4n) is 0. The molecular weight excluding hydrogens is 507 g/mol. The van der Waals surface area contributed by atoms with Crippen LogP contribution in [0.5, 0.6) is 0 Å². The molecule has 0 amide bonds. The second-order valence-electron chi connectivity index (χ2n) is 0. The number of hydrogen-bond donors (Lipinski definition) is 0. The van der Waals surface area contributed by atoms with E-state index in [9.17, 15) is 0 Å². The molecule has 0 aliphatic heterocycles. The molecule has 0 nitrogen and oxygen atoms in total. The zero-order chi connectivity index (χ0) is 0. The Bertz CT molecular complexity index is 3.90. The van der Waals surface area contributed by atoms with Gasteiger partial charge >= 0.3 is 22.4 Å². The van der Waals surface area contributed by atoms with Crippen molar-refractivity contribution in [3.8, 4) is 0 Å². The second kappa shape index (κ2) is 42.1. The summed E-state index contributed by atoms with van der Waals surface area (Å²) in [6, 6.07) is 0. The maximum absolute atomic E-state index is 0. The van der Waals surface area contributed by atoms with Crippen molar-refractivity contribution in [2.75, 3.05) is 0 Å². The fourth-order valence-corrected chi connectivity index (χ4v) is 0. The van der Waals surface area contributed by atoms with E-state index in [1.165, 1.54) is 0 Å². The van der Waals surface area contributed by atoms with Crippen LogP contribution in [0.3, 0.4) is 0 Å². The van der Waals surface area contributed by atoms with Gasteiger partial charge in [0.25, 0.3) is 0 Å². The van der Waals surface area contributed by atoms with Crippen LogP contribution in [0.4, 0.5) is 0 Å². The summed E-state index contributed by atoms with van der Waals surface area (Å²) >= 11 is 0. The number of hydrogen-bond acceptors (Lipinski definition) is 0. The van der Waals surface area contributed by atoms with Gasteiger partial charge in [-0.2, -0.15) is 0 Å². The minimum absolute atomic E-state index is 0. The predicted octanol–water partition coefficient (Wildman–Crippen LogP) is 2.89. The van der Waals surface area contributed by atoms with E-state index in [2.05, 4.69) is 0 Å². The molecule has 0 aromatic rings. The third-order valence-electron chi connectivity index (χ3n) is 0. The fraction of sp³-hybridized carbons (Fsp3) is 0. The van der Waals surface area contributed by atoms with Crippen molar-refractivity contribution in [1.29, 1.82) is 0 Å². The molecule has 0 aliphatic rings. The van der Waals surface area contributed by atoms with E-state index in [4.69, 9.17) is 0 Å². The Morgan fingerprint density at radius 2 is 0.333 bits per heavy atom. The Balaban J connectivity index is 0. The molecule has 6 heteroatoms. The van der Waals surface area contributed by atoms with E-state index < -0.39 is 0 Å². The molecule has 0 unspecified atom stereocenters. The summed E-state index contributed by atoms with van der Waals surface area (Å²) in [4.78, 5) is 0. The van der Waals surface area contributed by atoms with Gasteiger partial charge in [-0.15, -0.1) is 84.9 Å². The van der Waals surface area contributed by atoms with Gasteiger partial charge in [0.15, 0.2) is 0 Å². The van der Waals surface area contributed by atoms with Crippen molar-refractivity contribution in [3.05, 3.63) is 0 Å². The molecule has 6 heavy (non-hydrogen) atoms. The van der Waals surface area contributed by atoms with Crippen LogP contribution in [0.15, 0.2) is 0 Å². The first-order chi connectivity index (χ1) is 0. The predicted molar refractivity (Wildman–Crippen MR) is 51.6 cm³/mol. The van der Waals surface area contributed by atoms with Gasteiger partial charge in [0.2, 0.25) is 0 Å². The van der Waals surface area contributed by atoms with E-state index in [1.807, 2.05) is 0 Å². The third kappa shape index (κ3) is 27.3. The van der Waals surface area contributed by atoms with E-state index in [0.29, 0.717) is 0 Å². The molecule has 0 saturated heterocycles. The van der Waals surface area contributed by atoms with E-state index >= 15 is 0 Å². The largest absolute Gasteiger partial charge is 5.00 e. The van der Waals surface area contributed by atoms with Crippen LogP contribution in [-0.4, -0.2) is 0 Å². The van der Waals surface area contributed by atoms with E-state index in [0.717, 1.165) is 0 Å². The van der Waals surface area contributed by atoms with Gasteiger partial charge < -0.3 is 0 Å². The van der Waals surface area contributed by atoms with E-state index in [1.54, 1.807) is 0 Å². The quantitative estimate of drug-likeness (QED) is 0.438. The summed E-state index contributed by atoms with van der Waals surface area (Å²) in [5, 5.41) is 0. The van der Waals surface area contributed by atoms with Gasteiger partial charge in [0.1, 0.15) is 0 Å². The Labute approximate surface area is 106 Å². The second-order valence-corrected chi connectivity index (χ2v) is 0. The average Bonchev–Trinajstić information content (AvgIpc) is 0. The summed E-state index contributed by atoms with van der Waals surface area (Å²) in [5.41, 5.74) is 0. The summed E-state index contributed by atoms with van der Waals surface area (Å²) in [5.74, 6) is 0. The minimum atomic E-state index is 0. The van der Waals surface area contributed by atoms with Crippen LogP contribution in [0, 0.1) is 0 Å². The Morgan fingerprint density at radius 1 is 0.333 bits per heavy atom. The normalized spacial score (nSPS) is 0. The van der Waals surface area contributed by atoms with Gasteiger partial charge in [-0.05, 0) is 0 Å².